The average molecular weight is 357 g/mol. The number of halogens is 1. The maximum atomic E-state index is 13.5. The summed E-state index contributed by atoms with van der Waals surface area (Å²) in [7, 11) is -3.39. The van der Waals surface area contributed by atoms with Gasteiger partial charge in [0.25, 0.3) is 0 Å². The molecule has 0 fully saturated rings. The van der Waals surface area contributed by atoms with E-state index >= 15 is 0 Å². The minimum atomic E-state index is -3.39. The molecule has 5 nitrogen and oxygen atoms in total. The highest BCUT2D eigenvalue weighted by atomic mass is 32.2. The molecule has 0 aliphatic heterocycles. The molecule has 0 radical (unpaired) electrons. The molecule has 2 aromatic carbocycles. The first-order chi connectivity index (χ1) is 11.8. The highest BCUT2D eigenvalue weighted by Gasteiger charge is 2.16. The Hall–Kier alpha value is -2.93. The van der Waals surface area contributed by atoms with E-state index in [4.69, 9.17) is 4.42 Å². The number of fused-ring (bicyclic) bond motifs is 3. The van der Waals surface area contributed by atoms with Gasteiger partial charge >= 0.3 is 0 Å². The fourth-order valence-corrected chi connectivity index (χ4v) is 3.52. The number of nitrogens with one attached hydrogen (secondary N) is 1. The molecule has 0 atom stereocenters. The Morgan fingerprint density at radius 1 is 1.08 bits per heavy atom. The maximum Gasteiger partial charge on any atom is 0.249 e. The van der Waals surface area contributed by atoms with Crippen molar-refractivity contribution in [1.29, 1.82) is 0 Å². The van der Waals surface area contributed by atoms with Crippen molar-refractivity contribution in [2.24, 2.45) is 0 Å². The second-order valence-electron chi connectivity index (χ2n) is 5.79. The van der Waals surface area contributed by atoms with E-state index in [0.29, 0.717) is 33.2 Å². The molecule has 0 aliphatic rings. The molecule has 2 aromatic heterocycles. The smallest absolute Gasteiger partial charge is 0.249 e. The largest absolute Gasteiger partial charge is 0.454 e. The van der Waals surface area contributed by atoms with E-state index in [1.807, 2.05) is 0 Å². The molecule has 4 aromatic rings. The number of hydrogen-bond donors (Lipinski definition) is 1. The van der Waals surface area contributed by atoms with Crippen LogP contribution >= 0.6 is 0 Å². The summed E-state index contributed by atoms with van der Waals surface area (Å²) >= 11 is 0. The lowest BCUT2D eigenvalue weighted by atomic mass is 10.1. The first kappa shape index (κ1) is 15.6. The molecule has 0 saturated heterocycles. The summed E-state index contributed by atoms with van der Waals surface area (Å²) < 4.78 is 42.9. The van der Waals surface area contributed by atoms with E-state index < -0.39 is 15.7 Å². The number of hydrogen-bond acceptors (Lipinski definition) is 4. The van der Waals surface area contributed by atoms with Crippen LogP contribution in [0.4, 0.5) is 4.39 Å². The van der Waals surface area contributed by atoms with Gasteiger partial charge in [-0.2, -0.15) is 0 Å². The van der Waals surface area contributed by atoms with Gasteiger partial charge in [-0.25, -0.2) is 12.8 Å². The van der Waals surface area contributed by atoms with Gasteiger partial charge in [0, 0.05) is 23.3 Å². The Bertz CT molecular complexity index is 1300. The van der Waals surface area contributed by atoms with E-state index in [-0.39, 0.29) is 10.5 Å². The summed E-state index contributed by atoms with van der Waals surface area (Å²) in [6.07, 6.45) is 1.11. The molecule has 0 bridgehead atoms. The minimum Gasteiger partial charge on any atom is -0.454 e. The van der Waals surface area contributed by atoms with Crippen LogP contribution in [0.5, 0.6) is 0 Å². The Kier molecular flexibility index (Phi) is 3.30. The number of benzene rings is 2. The van der Waals surface area contributed by atoms with Crippen molar-refractivity contribution in [3.8, 4) is 11.1 Å². The summed E-state index contributed by atoms with van der Waals surface area (Å²) in [5, 5.41) is 0.452. The predicted octanol–water partition coefficient (Wildman–Crippen LogP) is 3.48. The lowest BCUT2D eigenvalue weighted by Crippen LogP contribution is -2.04. The topological polar surface area (TPSA) is 80.1 Å². The average Bonchev–Trinajstić information content (AvgIpc) is 2.91. The lowest BCUT2D eigenvalue weighted by molar-refractivity contribution is 0.602. The quantitative estimate of drug-likeness (QED) is 0.596. The van der Waals surface area contributed by atoms with Crippen LogP contribution in [0.3, 0.4) is 0 Å². The van der Waals surface area contributed by atoms with E-state index in [9.17, 15) is 17.6 Å². The summed E-state index contributed by atoms with van der Waals surface area (Å²) in [4.78, 5) is 14.9. The molecule has 25 heavy (non-hydrogen) atoms. The van der Waals surface area contributed by atoms with Gasteiger partial charge < -0.3 is 9.40 Å². The number of H-pyrrole nitrogens is 1. The summed E-state index contributed by atoms with van der Waals surface area (Å²) in [6, 6.07) is 11.6. The molecule has 0 spiro atoms. The van der Waals surface area contributed by atoms with E-state index in [2.05, 4.69) is 4.98 Å². The molecule has 7 heteroatoms. The molecule has 1 N–H and O–H groups in total. The maximum absolute atomic E-state index is 13.5. The van der Waals surface area contributed by atoms with Crippen LogP contribution in [0.1, 0.15) is 0 Å². The van der Waals surface area contributed by atoms with Gasteiger partial charge in [0.1, 0.15) is 11.4 Å². The van der Waals surface area contributed by atoms with Crippen molar-refractivity contribution >= 4 is 31.9 Å². The molecule has 0 unspecified atom stereocenters. The van der Waals surface area contributed by atoms with Gasteiger partial charge in [-0.1, -0.05) is 12.1 Å². The van der Waals surface area contributed by atoms with Crippen molar-refractivity contribution in [3.05, 3.63) is 64.7 Å². The third-order valence-electron chi connectivity index (χ3n) is 3.99. The Labute approximate surface area is 141 Å². The van der Waals surface area contributed by atoms with Gasteiger partial charge in [-0.05, 0) is 35.9 Å². The van der Waals surface area contributed by atoms with Crippen LogP contribution in [-0.4, -0.2) is 19.7 Å². The zero-order valence-corrected chi connectivity index (χ0v) is 13.9. The van der Waals surface area contributed by atoms with Gasteiger partial charge in [0.2, 0.25) is 5.56 Å². The number of rotatable bonds is 2. The highest BCUT2D eigenvalue weighted by molar-refractivity contribution is 7.90. The van der Waals surface area contributed by atoms with Gasteiger partial charge in [-0.15, -0.1) is 0 Å². The van der Waals surface area contributed by atoms with Crippen molar-refractivity contribution in [3.63, 3.8) is 0 Å². The Morgan fingerprint density at radius 3 is 2.64 bits per heavy atom. The van der Waals surface area contributed by atoms with E-state index in [0.717, 1.165) is 6.26 Å². The molecular weight excluding hydrogens is 345 g/mol. The fourth-order valence-electron chi connectivity index (χ4n) is 2.85. The van der Waals surface area contributed by atoms with Crippen LogP contribution in [-0.2, 0) is 9.84 Å². The number of pyridine rings is 1. The lowest BCUT2D eigenvalue weighted by Gasteiger charge is -2.05. The van der Waals surface area contributed by atoms with Crippen molar-refractivity contribution < 1.29 is 17.2 Å². The second-order valence-corrected chi connectivity index (χ2v) is 7.81. The fraction of sp³-hybridized carbons (Fsp3) is 0.0556. The number of sulfone groups is 1. The van der Waals surface area contributed by atoms with Crippen LogP contribution in [0, 0.1) is 5.82 Å². The number of furan rings is 1. The summed E-state index contributed by atoms with van der Waals surface area (Å²) in [6.45, 7) is 0. The SMILES string of the molecule is CS(=O)(=O)c1cccc(-c2cc(=O)[nH]c3c2oc2ccc(F)cc23)c1. The van der Waals surface area contributed by atoms with Gasteiger partial charge in [0.05, 0.1) is 10.4 Å². The molecule has 2 heterocycles. The van der Waals surface area contributed by atoms with Crippen LogP contribution in [0.2, 0.25) is 0 Å². The third kappa shape index (κ3) is 2.62. The van der Waals surface area contributed by atoms with Crippen molar-refractivity contribution in [2.45, 2.75) is 4.90 Å². The first-order valence-electron chi connectivity index (χ1n) is 7.38. The molecule has 126 valence electrons. The normalized spacial score (nSPS) is 12.1. The molecule has 4 rings (SSSR count). The van der Waals surface area contributed by atoms with E-state index in [1.165, 1.54) is 36.4 Å². The standard InChI is InChI=1S/C18H12FNO4S/c1-25(22,23)12-4-2-3-10(7-12)13-9-16(21)20-17-14-8-11(19)5-6-15(14)24-18(13)17/h2-9H,1H3,(H,20,21). The first-order valence-corrected chi connectivity index (χ1v) is 9.28. The molecule has 0 aliphatic carbocycles. The Balaban J connectivity index is 2.09. The van der Waals surface area contributed by atoms with Crippen molar-refractivity contribution in [1.82, 2.24) is 4.98 Å². The van der Waals surface area contributed by atoms with Crippen LogP contribution in [0.15, 0.2) is 62.6 Å². The Morgan fingerprint density at radius 2 is 1.88 bits per heavy atom. The molecule has 0 amide bonds. The predicted molar refractivity (Wildman–Crippen MR) is 92.8 cm³/mol. The second kappa shape index (κ2) is 5.29. The van der Waals surface area contributed by atoms with Gasteiger partial charge in [0.15, 0.2) is 15.4 Å². The monoisotopic (exact) mass is 357 g/mol. The van der Waals surface area contributed by atoms with E-state index in [1.54, 1.807) is 12.1 Å². The summed E-state index contributed by atoms with van der Waals surface area (Å²) in [5.74, 6) is -0.444. The van der Waals surface area contributed by atoms with Crippen molar-refractivity contribution in [2.75, 3.05) is 6.26 Å². The minimum absolute atomic E-state index is 0.139. The van der Waals surface area contributed by atoms with Gasteiger partial charge in [-0.3, -0.25) is 4.79 Å². The zero-order valence-electron chi connectivity index (χ0n) is 13.0. The zero-order chi connectivity index (χ0) is 17.8. The number of aromatic nitrogens is 1. The molecular formula is C18H12FNO4S. The van der Waals surface area contributed by atoms with Crippen LogP contribution < -0.4 is 5.56 Å². The van der Waals surface area contributed by atoms with Crippen LogP contribution in [0.25, 0.3) is 33.2 Å². The summed E-state index contributed by atoms with van der Waals surface area (Å²) in [5.41, 5.74) is 1.75. The molecule has 0 saturated carbocycles. The highest BCUT2D eigenvalue weighted by Crippen LogP contribution is 2.34. The number of aromatic amines is 1. The third-order valence-corrected chi connectivity index (χ3v) is 5.10.